The average Bonchev–Trinajstić information content (AvgIpc) is 2.90. The van der Waals surface area contributed by atoms with Crippen LogP contribution in [0.1, 0.15) is 30.4 Å². The maximum atomic E-state index is 15.2. The van der Waals surface area contributed by atoms with Gasteiger partial charge in [0.1, 0.15) is 22.9 Å². The van der Waals surface area contributed by atoms with Gasteiger partial charge in [0.05, 0.1) is 16.3 Å². The molecule has 0 bridgehead atoms. The first-order valence-corrected chi connectivity index (χ1v) is 15.0. The molecule has 0 radical (unpaired) electrons. The number of nitrogens with zero attached hydrogens (tertiary/aromatic N) is 3. The zero-order valence-corrected chi connectivity index (χ0v) is 24.3. The highest BCUT2D eigenvalue weighted by molar-refractivity contribution is 7.92. The maximum Gasteiger partial charge on any atom is 0.416 e. The number of alkyl halides is 4. The summed E-state index contributed by atoms with van der Waals surface area (Å²) in [5, 5.41) is 2.93. The van der Waals surface area contributed by atoms with E-state index in [9.17, 15) is 21.6 Å². The Morgan fingerprint density at radius 1 is 1.12 bits per heavy atom. The Morgan fingerprint density at radius 3 is 2.51 bits per heavy atom. The number of halogens is 6. The lowest BCUT2D eigenvalue weighted by molar-refractivity contribution is -0.137. The Bertz CT molecular complexity index is 1540. The predicted molar refractivity (Wildman–Crippen MR) is 149 cm³/mol. The zero-order chi connectivity index (χ0) is 29.7. The van der Waals surface area contributed by atoms with Crippen molar-refractivity contribution in [3.63, 3.8) is 0 Å². The fourth-order valence-electron chi connectivity index (χ4n) is 6.12. The van der Waals surface area contributed by atoms with Crippen molar-refractivity contribution >= 4 is 44.7 Å². The molecule has 2 aromatic carbocycles. The quantitative estimate of drug-likeness (QED) is 0.240. The van der Waals surface area contributed by atoms with Crippen LogP contribution >= 0.6 is 23.2 Å². The summed E-state index contributed by atoms with van der Waals surface area (Å²) in [6.07, 6.45) is -0.371. The van der Waals surface area contributed by atoms with Crippen molar-refractivity contribution in [3.05, 3.63) is 77.0 Å². The molecule has 2 aliphatic carbocycles. The van der Waals surface area contributed by atoms with E-state index in [0.29, 0.717) is 24.8 Å². The highest BCUT2D eigenvalue weighted by atomic mass is 35.5. The number of hydrogen-bond acceptors (Lipinski definition) is 6. The number of nitrogens with one attached hydrogen (secondary N) is 2. The number of hydrogen-bond donors (Lipinski definition) is 2. The van der Waals surface area contributed by atoms with Crippen molar-refractivity contribution in [3.8, 4) is 0 Å². The summed E-state index contributed by atoms with van der Waals surface area (Å²) < 4.78 is 83.6. The van der Waals surface area contributed by atoms with E-state index in [1.165, 1.54) is 24.4 Å². The molecule has 0 amide bonds. The molecule has 41 heavy (non-hydrogen) atoms. The smallest absolute Gasteiger partial charge is 0.379 e. The molecule has 5 rings (SSSR count). The van der Waals surface area contributed by atoms with Gasteiger partial charge in [0.25, 0.3) is 10.0 Å². The highest BCUT2D eigenvalue weighted by Crippen LogP contribution is 2.60. The molecule has 2 N–H and O–H groups in total. The minimum Gasteiger partial charge on any atom is -0.379 e. The molecule has 5 atom stereocenters. The summed E-state index contributed by atoms with van der Waals surface area (Å²) in [5.41, 5.74) is -0.610. The van der Waals surface area contributed by atoms with Crippen molar-refractivity contribution in [2.45, 2.75) is 53.2 Å². The Balaban J connectivity index is 1.42. The molecule has 3 aromatic rings. The third-order valence-corrected chi connectivity index (χ3v) is 10.4. The summed E-state index contributed by atoms with van der Waals surface area (Å²) in [7, 11) is -0.619. The second-order valence-electron chi connectivity index (χ2n) is 10.7. The molecule has 14 heteroatoms. The van der Waals surface area contributed by atoms with E-state index in [0.717, 1.165) is 24.5 Å². The van der Waals surface area contributed by atoms with E-state index in [-0.39, 0.29) is 39.9 Å². The molecule has 2 fully saturated rings. The second-order valence-corrected chi connectivity index (χ2v) is 13.3. The molecule has 0 aliphatic heterocycles. The standard InChI is InChI=1S/C27H27Cl2F4N5O2S/c1-38(2)22-13-26(15-4-3-5-16(8-15)27(31,32)33)17(10-24(26)29)9-21(22)36-20-12-19(30)23(11-18(20)28)41(39,40)37-25-6-7-34-14-35-25/h3-8,11-12,14,17,21-22,24,36H,9-10,13H2,1-2H3,(H,34,35,37)/t17-,21-,22-,24?,26+/m0/s1. The van der Waals surface area contributed by atoms with Gasteiger partial charge in [-0.1, -0.05) is 29.8 Å². The molecule has 1 heterocycles. The van der Waals surface area contributed by atoms with Crippen LogP contribution in [-0.2, 0) is 21.6 Å². The van der Waals surface area contributed by atoms with Crippen molar-refractivity contribution < 1.29 is 26.0 Å². The summed E-state index contributed by atoms with van der Waals surface area (Å²) >= 11 is 13.2. The third kappa shape index (κ3) is 5.59. The van der Waals surface area contributed by atoms with Crippen LogP contribution in [0.5, 0.6) is 0 Å². The van der Waals surface area contributed by atoms with Gasteiger partial charge in [-0.15, -0.1) is 11.6 Å². The summed E-state index contributed by atoms with van der Waals surface area (Å²) in [6.45, 7) is 0. The molecular weight excluding hydrogens is 605 g/mol. The molecular formula is C27H27Cl2F4N5O2S. The fourth-order valence-corrected chi connectivity index (χ4v) is 8.11. The molecule has 0 saturated heterocycles. The number of anilines is 2. The first kappa shape index (κ1) is 29.8. The van der Waals surface area contributed by atoms with Gasteiger partial charge >= 0.3 is 6.18 Å². The Hall–Kier alpha value is -2.67. The summed E-state index contributed by atoms with van der Waals surface area (Å²) in [6, 6.07) is 8.28. The second kappa shape index (κ2) is 10.9. The van der Waals surface area contributed by atoms with Crippen LogP contribution in [0.2, 0.25) is 5.02 Å². The van der Waals surface area contributed by atoms with Crippen molar-refractivity contribution in [1.29, 1.82) is 0 Å². The van der Waals surface area contributed by atoms with Crippen LogP contribution < -0.4 is 10.0 Å². The lowest BCUT2D eigenvalue weighted by atomic mass is 9.48. The van der Waals surface area contributed by atoms with Gasteiger partial charge in [0, 0.05) is 29.1 Å². The van der Waals surface area contributed by atoms with Crippen molar-refractivity contribution in [2.24, 2.45) is 5.92 Å². The van der Waals surface area contributed by atoms with E-state index in [2.05, 4.69) is 20.0 Å². The van der Waals surface area contributed by atoms with Gasteiger partial charge in [-0.3, -0.25) is 4.72 Å². The number of aromatic nitrogens is 2. The predicted octanol–water partition coefficient (Wildman–Crippen LogP) is 6.16. The SMILES string of the molecule is CN(C)[C@H]1C[C@]2(c3cccc(C(F)(F)F)c3)C(Cl)C[C@@H]2C[C@@H]1Nc1cc(F)c(S(=O)(=O)Nc2ccncn2)cc1Cl. The van der Waals surface area contributed by atoms with Gasteiger partial charge in [-0.2, -0.15) is 13.2 Å². The number of benzene rings is 2. The molecule has 1 aromatic heterocycles. The number of fused-ring (bicyclic) bond motifs is 1. The molecule has 0 spiro atoms. The van der Waals surface area contributed by atoms with Crippen LogP contribution in [0.3, 0.4) is 0 Å². The van der Waals surface area contributed by atoms with E-state index < -0.39 is 37.9 Å². The minimum absolute atomic E-state index is 0.00878. The van der Waals surface area contributed by atoms with Crippen molar-refractivity contribution in [2.75, 3.05) is 24.1 Å². The van der Waals surface area contributed by atoms with E-state index >= 15 is 4.39 Å². The maximum absolute atomic E-state index is 15.2. The number of sulfonamides is 1. The molecule has 2 saturated carbocycles. The normalized spacial score (nSPS) is 26.3. The first-order valence-electron chi connectivity index (χ1n) is 12.7. The highest BCUT2D eigenvalue weighted by Gasteiger charge is 2.60. The van der Waals surface area contributed by atoms with Gasteiger partial charge in [0.15, 0.2) is 0 Å². The van der Waals surface area contributed by atoms with Gasteiger partial charge in [-0.25, -0.2) is 22.8 Å². The van der Waals surface area contributed by atoms with Crippen LogP contribution in [0, 0.1) is 11.7 Å². The molecule has 7 nitrogen and oxygen atoms in total. The van der Waals surface area contributed by atoms with Gasteiger partial charge < -0.3 is 10.2 Å². The molecule has 1 unspecified atom stereocenters. The zero-order valence-electron chi connectivity index (χ0n) is 22.0. The summed E-state index contributed by atoms with van der Waals surface area (Å²) in [4.78, 5) is 8.82. The third-order valence-electron chi connectivity index (χ3n) is 8.19. The van der Waals surface area contributed by atoms with Crippen LogP contribution in [0.15, 0.2) is 59.9 Å². The number of rotatable bonds is 7. The molecule has 2 aliphatic rings. The lowest BCUT2D eigenvalue weighted by Crippen LogP contribution is -2.65. The number of likely N-dealkylation sites (N-methyl/N-ethyl adjacent to an activating group) is 1. The molecule has 220 valence electrons. The monoisotopic (exact) mass is 631 g/mol. The largest absolute Gasteiger partial charge is 0.416 e. The van der Waals surface area contributed by atoms with Crippen LogP contribution in [0.25, 0.3) is 0 Å². The van der Waals surface area contributed by atoms with E-state index in [1.807, 2.05) is 19.0 Å². The van der Waals surface area contributed by atoms with E-state index in [1.54, 1.807) is 6.07 Å². The topological polar surface area (TPSA) is 87.2 Å². The van der Waals surface area contributed by atoms with E-state index in [4.69, 9.17) is 23.2 Å². The Morgan fingerprint density at radius 2 is 1.88 bits per heavy atom. The Labute approximate surface area is 245 Å². The fraction of sp³-hybridized carbons (Fsp3) is 0.407. The van der Waals surface area contributed by atoms with Crippen molar-refractivity contribution in [1.82, 2.24) is 14.9 Å². The average molecular weight is 633 g/mol. The summed E-state index contributed by atoms with van der Waals surface area (Å²) in [5.74, 6) is -1.07. The van der Waals surface area contributed by atoms with Gasteiger partial charge in [0.2, 0.25) is 0 Å². The minimum atomic E-state index is -4.47. The first-order chi connectivity index (χ1) is 19.2. The van der Waals surface area contributed by atoms with Gasteiger partial charge in [-0.05, 0) is 69.1 Å². The van der Waals surface area contributed by atoms with Crippen LogP contribution in [0.4, 0.5) is 29.1 Å². The Kier molecular flexibility index (Phi) is 7.90. The van der Waals surface area contributed by atoms with Crippen LogP contribution in [-0.4, -0.2) is 54.8 Å². The lowest BCUT2D eigenvalue weighted by Gasteiger charge is -2.61.